The van der Waals surface area contributed by atoms with Crippen LogP contribution in [0.1, 0.15) is 0 Å². The van der Waals surface area contributed by atoms with Crippen molar-refractivity contribution in [2.24, 2.45) is 0 Å². The Morgan fingerprint density at radius 3 is 2.85 bits per heavy atom. The number of nitrogens with zero attached hydrogens (tertiary/aromatic N) is 1. The van der Waals surface area contributed by atoms with Crippen molar-refractivity contribution in [3.05, 3.63) is 40.6 Å². The molecule has 0 saturated carbocycles. The Hall–Kier alpha value is -0.930. The lowest BCUT2D eigenvalue weighted by Gasteiger charge is -1.98. The summed E-state index contributed by atoms with van der Waals surface area (Å²) in [7, 11) is 0. The summed E-state index contributed by atoms with van der Waals surface area (Å²) in [6.45, 7) is 0. The van der Waals surface area contributed by atoms with Crippen molar-refractivity contribution in [3.8, 4) is 10.6 Å². The first-order valence-electron chi connectivity index (χ1n) is 3.62. The fourth-order valence-electron chi connectivity index (χ4n) is 1.02. The van der Waals surface area contributed by atoms with Gasteiger partial charge in [-0.3, -0.25) is 0 Å². The van der Waals surface area contributed by atoms with E-state index in [0.717, 1.165) is 0 Å². The van der Waals surface area contributed by atoms with Crippen molar-refractivity contribution in [3.63, 3.8) is 0 Å². The number of benzene rings is 1. The summed E-state index contributed by atoms with van der Waals surface area (Å²) in [5.74, 6) is -0.331. The lowest BCUT2D eigenvalue weighted by Crippen LogP contribution is -1.82. The zero-order valence-electron chi connectivity index (χ0n) is 6.50. The van der Waals surface area contributed by atoms with E-state index in [-0.39, 0.29) is 5.82 Å². The van der Waals surface area contributed by atoms with Gasteiger partial charge in [0, 0.05) is 22.2 Å². The molecule has 0 N–H and O–H groups in total. The molecule has 0 atom stereocenters. The van der Waals surface area contributed by atoms with E-state index in [1.807, 2.05) is 5.38 Å². The molecule has 0 saturated heterocycles. The van der Waals surface area contributed by atoms with E-state index in [2.05, 4.69) is 4.98 Å². The average Bonchev–Trinajstić information content (AvgIpc) is 2.56. The third kappa shape index (κ3) is 1.71. The lowest BCUT2D eigenvalue weighted by molar-refractivity contribution is 0.631. The highest BCUT2D eigenvalue weighted by atomic mass is 35.5. The second kappa shape index (κ2) is 3.44. The van der Waals surface area contributed by atoms with E-state index in [1.165, 1.54) is 17.4 Å². The fourth-order valence-corrected chi connectivity index (χ4v) is 1.84. The van der Waals surface area contributed by atoms with Gasteiger partial charge in [-0.15, -0.1) is 11.3 Å². The first-order valence-corrected chi connectivity index (χ1v) is 4.88. The minimum absolute atomic E-state index is 0.331. The summed E-state index contributed by atoms with van der Waals surface area (Å²) < 4.78 is 13.3. The van der Waals surface area contributed by atoms with E-state index >= 15 is 0 Å². The molecule has 13 heavy (non-hydrogen) atoms. The number of rotatable bonds is 1. The normalized spacial score (nSPS) is 10.3. The van der Waals surface area contributed by atoms with Crippen LogP contribution >= 0.6 is 22.9 Å². The molecule has 0 bridgehead atoms. The fraction of sp³-hybridized carbons (Fsp3) is 0. The van der Waals surface area contributed by atoms with Gasteiger partial charge in [-0.25, -0.2) is 9.37 Å². The van der Waals surface area contributed by atoms with Gasteiger partial charge < -0.3 is 0 Å². The average molecular weight is 214 g/mol. The second-order valence-corrected chi connectivity index (χ2v) is 3.79. The Balaban J connectivity index is 2.53. The molecule has 4 heteroatoms. The number of halogens is 2. The minimum Gasteiger partial charge on any atom is -0.244 e. The van der Waals surface area contributed by atoms with E-state index in [4.69, 9.17) is 11.6 Å². The summed E-state index contributed by atoms with van der Waals surface area (Å²) in [6.07, 6.45) is 1.65. The highest BCUT2D eigenvalue weighted by molar-refractivity contribution is 7.13. The molecule has 0 spiro atoms. The lowest BCUT2D eigenvalue weighted by atomic mass is 10.2. The summed E-state index contributed by atoms with van der Waals surface area (Å²) >= 11 is 7.02. The maximum Gasteiger partial charge on any atom is 0.134 e. The molecular formula is C9H5ClFNS. The monoisotopic (exact) mass is 213 g/mol. The first kappa shape index (κ1) is 8.66. The van der Waals surface area contributed by atoms with Crippen LogP contribution < -0.4 is 0 Å². The van der Waals surface area contributed by atoms with Gasteiger partial charge in [-0.1, -0.05) is 11.6 Å². The molecule has 0 aliphatic carbocycles. The van der Waals surface area contributed by atoms with E-state index in [1.54, 1.807) is 18.3 Å². The zero-order valence-corrected chi connectivity index (χ0v) is 8.07. The Bertz CT molecular complexity index is 414. The highest BCUT2D eigenvalue weighted by Crippen LogP contribution is 2.26. The third-order valence-corrected chi connectivity index (χ3v) is 2.64. The Kier molecular flexibility index (Phi) is 2.29. The topological polar surface area (TPSA) is 12.9 Å². The number of hydrogen-bond donors (Lipinski definition) is 0. The van der Waals surface area contributed by atoms with Gasteiger partial charge >= 0.3 is 0 Å². The Morgan fingerprint density at radius 1 is 1.38 bits per heavy atom. The van der Waals surface area contributed by atoms with Crippen LogP contribution in [-0.2, 0) is 0 Å². The zero-order chi connectivity index (χ0) is 9.26. The Morgan fingerprint density at radius 2 is 2.23 bits per heavy atom. The maximum absolute atomic E-state index is 13.3. The molecule has 1 nitrogen and oxygen atoms in total. The summed E-state index contributed by atoms with van der Waals surface area (Å²) in [5.41, 5.74) is 0.499. The summed E-state index contributed by atoms with van der Waals surface area (Å²) in [6, 6.07) is 4.58. The van der Waals surface area contributed by atoms with E-state index in [9.17, 15) is 4.39 Å². The predicted octanol–water partition coefficient (Wildman–Crippen LogP) is 3.60. The molecule has 0 radical (unpaired) electrons. The van der Waals surface area contributed by atoms with Gasteiger partial charge in [0.25, 0.3) is 0 Å². The van der Waals surface area contributed by atoms with Crippen molar-refractivity contribution < 1.29 is 4.39 Å². The highest BCUT2D eigenvalue weighted by Gasteiger charge is 2.06. The second-order valence-electron chi connectivity index (χ2n) is 2.46. The van der Waals surface area contributed by atoms with Crippen molar-refractivity contribution in [1.29, 1.82) is 0 Å². The van der Waals surface area contributed by atoms with Gasteiger partial charge in [0.15, 0.2) is 0 Å². The molecule has 1 heterocycles. The number of hydrogen-bond acceptors (Lipinski definition) is 2. The van der Waals surface area contributed by atoms with Gasteiger partial charge in [0.05, 0.1) is 0 Å². The van der Waals surface area contributed by atoms with Gasteiger partial charge in [0.2, 0.25) is 0 Å². The summed E-state index contributed by atoms with van der Waals surface area (Å²) in [5, 5.41) is 2.88. The van der Waals surface area contributed by atoms with Crippen molar-refractivity contribution in [2.75, 3.05) is 0 Å². The SMILES string of the molecule is Fc1cc(Cl)ccc1-c1nccs1. The molecule has 1 aromatic heterocycles. The van der Waals surface area contributed by atoms with Crippen molar-refractivity contribution >= 4 is 22.9 Å². The largest absolute Gasteiger partial charge is 0.244 e. The Labute approximate surface area is 83.8 Å². The first-order chi connectivity index (χ1) is 6.27. The molecule has 0 unspecified atom stereocenters. The molecule has 0 fully saturated rings. The molecule has 1 aromatic carbocycles. The standard InChI is InChI=1S/C9H5ClFNS/c10-6-1-2-7(8(11)5-6)9-12-3-4-13-9/h1-5H. The van der Waals surface area contributed by atoms with Crippen molar-refractivity contribution in [1.82, 2.24) is 4.98 Å². The molecule has 66 valence electrons. The molecule has 2 rings (SSSR count). The smallest absolute Gasteiger partial charge is 0.134 e. The van der Waals surface area contributed by atoms with Gasteiger partial charge in [0.1, 0.15) is 10.8 Å². The van der Waals surface area contributed by atoms with Gasteiger partial charge in [-0.2, -0.15) is 0 Å². The van der Waals surface area contributed by atoms with E-state index < -0.39 is 0 Å². The molecule has 2 aromatic rings. The minimum atomic E-state index is -0.331. The van der Waals surface area contributed by atoms with Crippen LogP contribution in [0.4, 0.5) is 4.39 Å². The molecule has 0 aliphatic heterocycles. The number of thiazole rings is 1. The van der Waals surface area contributed by atoms with Crippen LogP contribution in [0.2, 0.25) is 5.02 Å². The van der Waals surface area contributed by atoms with Crippen molar-refractivity contribution in [2.45, 2.75) is 0 Å². The van der Waals surface area contributed by atoms with Crippen LogP contribution in [-0.4, -0.2) is 4.98 Å². The number of aromatic nitrogens is 1. The van der Waals surface area contributed by atoms with Crippen LogP contribution in [0.25, 0.3) is 10.6 Å². The third-order valence-electron chi connectivity index (χ3n) is 1.59. The summed E-state index contributed by atoms with van der Waals surface area (Å²) in [4.78, 5) is 4.01. The van der Waals surface area contributed by atoms with E-state index in [0.29, 0.717) is 15.6 Å². The molecule has 0 aliphatic rings. The quantitative estimate of drug-likeness (QED) is 0.705. The molecular weight excluding hydrogens is 209 g/mol. The van der Waals surface area contributed by atoms with Crippen LogP contribution in [0.15, 0.2) is 29.8 Å². The maximum atomic E-state index is 13.3. The van der Waals surface area contributed by atoms with Crippen LogP contribution in [0.5, 0.6) is 0 Å². The van der Waals surface area contributed by atoms with Gasteiger partial charge in [-0.05, 0) is 18.2 Å². The van der Waals surface area contributed by atoms with Crippen LogP contribution in [0.3, 0.4) is 0 Å². The van der Waals surface area contributed by atoms with Crippen LogP contribution in [0, 0.1) is 5.82 Å². The molecule has 0 amide bonds. The predicted molar refractivity (Wildman–Crippen MR) is 52.5 cm³/mol.